The van der Waals surface area contributed by atoms with Crippen LogP contribution >= 0.6 is 0 Å². The van der Waals surface area contributed by atoms with Gasteiger partial charge < -0.3 is 4.74 Å². The molecule has 0 saturated carbocycles. The number of nitrogens with zero attached hydrogens (tertiary/aromatic N) is 3. The zero-order chi connectivity index (χ0) is 18.5. The van der Waals surface area contributed by atoms with Crippen molar-refractivity contribution >= 4 is 5.97 Å². The number of benzene rings is 3. The SMILES string of the molecule is O=C(OCc1ccccc1)c1ccccc1-c1ccccc1-c1nn[nH]n1. The topological polar surface area (TPSA) is 80.8 Å². The van der Waals surface area contributed by atoms with E-state index in [-0.39, 0.29) is 12.6 Å². The molecule has 3 aromatic carbocycles. The lowest BCUT2D eigenvalue weighted by molar-refractivity contribution is 0.0473. The average Bonchev–Trinajstić information content (AvgIpc) is 3.27. The van der Waals surface area contributed by atoms with E-state index < -0.39 is 0 Å². The van der Waals surface area contributed by atoms with Crippen molar-refractivity contribution in [3.8, 4) is 22.5 Å². The summed E-state index contributed by atoms with van der Waals surface area (Å²) in [5.74, 6) is 0.0930. The minimum absolute atomic E-state index is 0.223. The van der Waals surface area contributed by atoms with Crippen LogP contribution in [0.25, 0.3) is 22.5 Å². The van der Waals surface area contributed by atoms with Gasteiger partial charge in [0.2, 0.25) is 5.82 Å². The summed E-state index contributed by atoms with van der Waals surface area (Å²) in [4.78, 5) is 12.7. The molecule has 0 aliphatic rings. The highest BCUT2D eigenvalue weighted by atomic mass is 16.5. The van der Waals surface area contributed by atoms with E-state index in [0.717, 1.165) is 22.3 Å². The average molecular weight is 356 g/mol. The Balaban J connectivity index is 1.67. The predicted octanol–water partition coefficient (Wildman–Crippen LogP) is 3.89. The standard InChI is InChI=1S/C21H16N4O2/c26-21(27-14-15-8-2-1-3-9-15)19-13-7-5-11-17(19)16-10-4-6-12-18(16)20-22-24-25-23-20/h1-13H,14H2,(H,22,23,24,25). The van der Waals surface area contributed by atoms with Crippen LogP contribution in [-0.4, -0.2) is 26.6 Å². The van der Waals surface area contributed by atoms with Gasteiger partial charge in [-0.1, -0.05) is 72.8 Å². The zero-order valence-electron chi connectivity index (χ0n) is 14.4. The van der Waals surface area contributed by atoms with E-state index in [4.69, 9.17) is 4.74 Å². The fraction of sp³-hybridized carbons (Fsp3) is 0.0476. The number of hydrogen-bond acceptors (Lipinski definition) is 5. The summed E-state index contributed by atoms with van der Waals surface area (Å²) in [6.07, 6.45) is 0. The number of aromatic nitrogens is 4. The number of tetrazole rings is 1. The summed E-state index contributed by atoms with van der Waals surface area (Å²) in [7, 11) is 0. The molecule has 6 nitrogen and oxygen atoms in total. The third-order valence-electron chi connectivity index (χ3n) is 4.16. The van der Waals surface area contributed by atoms with Crippen LogP contribution in [0.15, 0.2) is 78.9 Å². The Bertz CT molecular complexity index is 1050. The van der Waals surface area contributed by atoms with Gasteiger partial charge in [-0.25, -0.2) is 4.79 Å². The quantitative estimate of drug-likeness (QED) is 0.549. The summed E-state index contributed by atoms with van der Waals surface area (Å²) in [5, 5.41) is 14.2. The van der Waals surface area contributed by atoms with Gasteiger partial charge in [-0.3, -0.25) is 0 Å². The van der Waals surface area contributed by atoms with Crippen molar-refractivity contribution in [2.24, 2.45) is 0 Å². The van der Waals surface area contributed by atoms with E-state index in [0.29, 0.717) is 11.4 Å². The maximum absolute atomic E-state index is 12.7. The van der Waals surface area contributed by atoms with E-state index in [9.17, 15) is 4.79 Å². The second-order valence-electron chi connectivity index (χ2n) is 5.89. The van der Waals surface area contributed by atoms with Crippen LogP contribution in [0.4, 0.5) is 0 Å². The Kier molecular flexibility index (Phi) is 4.70. The van der Waals surface area contributed by atoms with Gasteiger partial charge >= 0.3 is 5.97 Å². The van der Waals surface area contributed by atoms with Crippen LogP contribution in [0.1, 0.15) is 15.9 Å². The first kappa shape index (κ1) is 16.7. The molecule has 0 aliphatic carbocycles. The number of H-pyrrole nitrogens is 1. The minimum Gasteiger partial charge on any atom is -0.457 e. The number of esters is 1. The summed E-state index contributed by atoms with van der Waals surface area (Å²) >= 11 is 0. The van der Waals surface area contributed by atoms with Crippen LogP contribution < -0.4 is 0 Å². The third kappa shape index (κ3) is 3.59. The predicted molar refractivity (Wildman–Crippen MR) is 101 cm³/mol. The second kappa shape index (κ2) is 7.61. The Morgan fingerprint density at radius 2 is 1.48 bits per heavy atom. The van der Waals surface area contributed by atoms with Crippen LogP contribution in [-0.2, 0) is 11.3 Å². The van der Waals surface area contributed by atoms with Crippen LogP contribution in [0.3, 0.4) is 0 Å². The van der Waals surface area contributed by atoms with Gasteiger partial charge in [-0.05, 0) is 28.0 Å². The molecule has 0 aliphatic heterocycles. The second-order valence-corrected chi connectivity index (χ2v) is 5.89. The van der Waals surface area contributed by atoms with E-state index in [2.05, 4.69) is 20.6 Å². The molecule has 0 radical (unpaired) electrons. The number of carbonyl (C=O) groups excluding carboxylic acids is 1. The van der Waals surface area contributed by atoms with Crippen molar-refractivity contribution < 1.29 is 9.53 Å². The van der Waals surface area contributed by atoms with Crippen molar-refractivity contribution in [2.45, 2.75) is 6.61 Å². The Morgan fingerprint density at radius 3 is 2.22 bits per heavy atom. The maximum atomic E-state index is 12.7. The lowest BCUT2D eigenvalue weighted by Crippen LogP contribution is -2.07. The van der Waals surface area contributed by atoms with Crippen LogP contribution in [0.2, 0.25) is 0 Å². The molecule has 6 heteroatoms. The number of aromatic amines is 1. The van der Waals surface area contributed by atoms with Crippen molar-refractivity contribution in [3.05, 3.63) is 90.0 Å². The van der Waals surface area contributed by atoms with Gasteiger partial charge in [0.15, 0.2) is 0 Å². The lowest BCUT2D eigenvalue weighted by atomic mass is 9.95. The largest absolute Gasteiger partial charge is 0.457 e. The smallest absolute Gasteiger partial charge is 0.339 e. The van der Waals surface area contributed by atoms with Crippen molar-refractivity contribution in [3.63, 3.8) is 0 Å². The van der Waals surface area contributed by atoms with E-state index >= 15 is 0 Å². The Morgan fingerprint density at radius 1 is 0.815 bits per heavy atom. The summed E-state index contributed by atoms with van der Waals surface area (Å²) in [6, 6.07) is 24.6. The molecule has 1 aromatic heterocycles. The molecule has 0 unspecified atom stereocenters. The highest BCUT2D eigenvalue weighted by Crippen LogP contribution is 2.32. The normalized spacial score (nSPS) is 10.5. The summed E-state index contributed by atoms with van der Waals surface area (Å²) in [6.45, 7) is 0.223. The first-order valence-corrected chi connectivity index (χ1v) is 8.46. The molecule has 4 aromatic rings. The number of hydrogen-bond donors (Lipinski definition) is 1. The third-order valence-corrected chi connectivity index (χ3v) is 4.16. The van der Waals surface area contributed by atoms with Gasteiger partial charge in [-0.15, -0.1) is 10.2 Å². The minimum atomic E-state index is -0.377. The number of ether oxygens (including phenoxy) is 1. The summed E-state index contributed by atoms with van der Waals surface area (Å²) in [5.41, 5.74) is 3.82. The fourth-order valence-electron chi connectivity index (χ4n) is 2.89. The first-order valence-electron chi connectivity index (χ1n) is 8.46. The fourth-order valence-corrected chi connectivity index (χ4v) is 2.89. The molecule has 4 rings (SSSR count). The molecule has 1 N–H and O–H groups in total. The van der Waals surface area contributed by atoms with Gasteiger partial charge in [0.1, 0.15) is 6.61 Å². The van der Waals surface area contributed by atoms with Crippen molar-refractivity contribution in [2.75, 3.05) is 0 Å². The molecule has 0 atom stereocenters. The molecular weight excluding hydrogens is 340 g/mol. The highest BCUT2D eigenvalue weighted by Gasteiger charge is 2.18. The van der Waals surface area contributed by atoms with E-state index in [1.165, 1.54) is 0 Å². The molecule has 0 saturated heterocycles. The van der Waals surface area contributed by atoms with Crippen molar-refractivity contribution in [1.82, 2.24) is 20.6 Å². The lowest BCUT2D eigenvalue weighted by Gasteiger charge is -2.12. The van der Waals surface area contributed by atoms with E-state index in [1.54, 1.807) is 6.07 Å². The Hall–Kier alpha value is -3.80. The van der Waals surface area contributed by atoms with Gasteiger partial charge in [0.25, 0.3) is 0 Å². The molecule has 0 bridgehead atoms. The molecule has 0 spiro atoms. The van der Waals surface area contributed by atoms with Crippen LogP contribution in [0.5, 0.6) is 0 Å². The number of rotatable bonds is 5. The molecule has 132 valence electrons. The molecule has 1 heterocycles. The van der Waals surface area contributed by atoms with Gasteiger partial charge in [0.05, 0.1) is 5.56 Å². The maximum Gasteiger partial charge on any atom is 0.339 e. The summed E-state index contributed by atoms with van der Waals surface area (Å²) < 4.78 is 5.52. The molecule has 0 amide bonds. The van der Waals surface area contributed by atoms with Crippen LogP contribution in [0, 0.1) is 0 Å². The molecule has 0 fully saturated rings. The first-order chi connectivity index (χ1) is 13.3. The van der Waals surface area contributed by atoms with Crippen molar-refractivity contribution in [1.29, 1.82) is 0 Å². The Labute approximate surface area is 155 Å². The zero-order valence-corrected chi connectivity index (χ0v) is 14.4. The van der Waals surface area contributed by atoms with Gasteiger partial charge in [-0.2, -0.15) is 5.21 Å². The molecular formula is C21H16N4O2. The monoisotopic (exact) mass is 356 g/mol. The highest BCUT2D eigenvalue weighted by molar-refractivity contribution is 5.99. The van der Waals surface area contributed by atoms with E-state index in [1.807, 2.05) is 72.8 Å². The van der Waals surface area contributed by atoms with Gasteiger partial charge in [0, 0.05) is 5.56 Å². The number of nitrogens with one attached hydrogen (secondary N) is 1. The molecule has 27 heavy (non-hydrogen) atoms. The number of carbonyl (C=O) groups is 1.